The SMILES string of the molecule is Cc1c(Cl)nc(C(C)C)nc1N1CCN(C)C(=O)C1(C)C. The number of nitrogens with zero attached hydrogens (tertiary/aromatic N) is 4. The van der Waals surface area contributed by atoms with Gasteiger partial charge in [0.1, 0.15) is 22.3 Å². The van der Waals surface area contributed by atoms with Crippen LogP contribution >= 0.6 is 11.6 Å². The molecule has 0 bridgehead atoms. The van der Waals surface area contributed by atoms with Crippen molar-refractivity contribution in [3.05, 3.63) is 16.5 Å². The van der Waals surface area contributed by atoms with Crippen LogP contribution in [-0.4, -0.2) is 46.5 Å². The molecule has 1 aliphatic rings. The first-order valence-electron chi connectivity index (χ1n) is 7.23. The Morgan fingerprint density at radius 2 is 1.86 bits per heavy atom. The predicted octanol–water partition coefficient (Wildman–Crippen LogP) is 2.62. The van der Waals surface area contributed by atoms with Gasteiger partial charge in [0, 0.05) is 31.6 Å². The number of anilines is 1. The van der Waals surface area contributed by atoms with Gasteiger partial charge in [0.15, 0.2) is 0 Å². The summed E-state index contributed by atoms with van der Waals surface area (Å²) < 4.78 is 0. The Hall–Kier alpha value is -1.36. The topological polar surface area (TPSA) is 49.3 Å². The average Bonchev–Trinajstić information content (AvgIpc) is 2.40. The number of carbonyl (C=O) groups is 1. The first-order valence-corrected chi connectivity index (χ1v) is 7.61. The molecule has 2 heterocycles. The van der Waals surface area contributed by atoms with E-state index >= 15 is 0 Å². The van der Waals surface area contributed by atoms with Crippen LogP contribution in [0.2, 0.25) is 5.15 Å². The Balaban J connectivity index is 2.53. The van der Waals surface area contributed by atoms with Crippen molar-refractivity contribution in [2.24, 2.45) is 0 Å². The van der Waals surface area contributed by atoms with E-state index in [-0.39, 0.29) is 11.8 Å². The highest BCUT2D eigenvalue weighted by molar-refractivity contribution is 6.30. The van der Waals surface area contributed by atoms with Gasteiger partial charge in [-0.25, -0.2) is 9.97 Å². The quantitative estimate of drug-likeness (QED) is 0.788. The highest BCUT2D eigenvalue weighted by atomic mass is 35.5. The smallest absolute Gasteiger partial charge is 0.247 e. The Morgan fingerprint density at radius 1 is 1.24 bits per heavy atom. The maximum atomic E-state index is 12.5. The molecule has 1 fully saturated rings. The normalized spacial score (nSPS) is 18.6. The minimum absolute atomic E-state index is 0.0916. The third-order valence-corrected chi connectivity index (χ3v) is 4.42. The van der Waals surface area contributed by atoms with Crippen LogP contribution < -0.4 is 4.90 Å². The first-order chi connectivity index (χ1) is 9.66. The number of hydrogen-bond acceptors (Lipinski definition) is 4. The number of rotatable bonds is 2. The van der Waals surface area contributed by atoms with Gasteiger partial charge in [-0.1, -0.05) is 25.4 Å². The Kier molecular flexibility index (Phi) is 4.15. The number of amides is 1. The fraction of sp³-hybridized carbons (Fsp3) is 0.667. The van der Waals surface area contributed by atoms with Crippen LogP contribution in [0.1, 0.15) is 45.0 Å². The lowest BCUT2D eigenvalue weighted by atomic mass is 9.97. The monoisotopic (exact) mass is 310 g/mol. The number of carbonyl (C=O) groups excluding carboxylic acids is 1. The van der Waals surface area contributed by atoms with E-state index in [0.29, 0.717) is 17.5 Å². The maximum Gasteiger partial charge on any atom is 0.247 e. The number of aromatic nitrogens is 2. The van der Waals surface area contributed by atoms with Gasteiger partial charge in [-0.05, 0) is 20.8 Å². The van der Waals surface area contributed by atoms with E-state index < -0.39 is 5.54 Å². The number of piperazine rings is 1. The minimum atomic E-state index is -0.635. The molecule has 1 saturated heterocycles. The molecule has 0 saturated carbocycles. The molecule has 1 aromatic heterocycles. The number of likely N-dealkylation sites (N-methyl/N-ethyl adjacent to an activating group) is 1. The molecule has 6 heteroatoms. The largest absolute Gasteiger partial charge is 0.342 e. The van der Waals surface area contributed by atoms with Gasteiger partial charge in [0.05, 0.1) is 0 Å². The van der Waals surface area contributed by atoms with Gasteiger partial charge in [-0.15, -0.1) is 0 Å². The van der Waals surface area contributed by atoms with Crippen molar-refractivity contribution in [1.29, 1.82) is 0 Å². The molecule has 116 valence electrons. The lowest BCUT2D eigenvalue weighted by Crippen LogP contribution is -2.62. The minimum Gasteiger partial charge on any atom is -0.342 e. The van der Waals surface area contributed by atoms with Gasteiger partial charge >= 0.3 is 0 Å². The van der Waals surface area contributed by atoms with E-state index in [0.717, 1.165) is 17.9 Å². The highest BCUT2D eigenvalue weighted by Gasteiger charge is 2.42. The van der Waals surface area contributed by atoms with Gasteiger partial charge in [0.25, 0.3) is 0 Å². The Bertz CT molecular complexity index is 571. The molecule has 21 heavy (non-hydrogen) atoms. The average molecular weight is 311 g/mol. The lowest BCUT2D eigenvalue weighted by Gasteiger charge is -2.46. The molecule has 0 atom stereocenters. The first kappa shape index (κ1) is 16.0. The van der Waals surface area contributed by atoms with Crippen molar-refractivity contribution < 1.29 is 4.79 Å². The van der Waals surface area contributed by atoms with Crippen molar-refractivity contribution in [1.82, 2.24) is 14.9 Å². The summed E-state index contributed by atoms with van der Waals surface area (Å²) in [5.74, 6) is 1.76. The van der Waals surface area contributed by atoms with Crippen molar-refractivity contribution in [2.45, 2.75) is 46.1 Å². The molecule has 0 spiro atoms. The molecular formula is C15H23ClN4O. The van der Waals surface area contributed by atoms with E-state index in [1.807, 2.05) is 46.6 Å². The van der Waals surface area contributed by atoms with Crippen LogP contribution in [-0.2, 0) is 4.79 Å². The summed E-state index contributed by atoms with van der Waals surface area (Å²) in [4.78, 5) is 25.3. The van der Waals surface area contributed by atoms with Crippen LogP contribution in [0, 0.1) is 6.92 Å². The second kappa shape index (κ2) is 5.44. The zero-order valence-corrected chi connectivity index (χ0v) is 14.3. The number of halogens is 1. The lowest BCUT2D eigenvalue weighted by molar-refractivity contribution is -0.136. The van der Waals surface area contributed by atoms with Crippen LogP contribution in [0.5, 0.6) is 0 Å². The molecule has 0 N–H and O–H groups in total. The van der Waals surface area contributed by atoms with Gasteiger partial charge < -0.3 is 9.80 Å². The van der Waals surface area contributed by atoms with E-state index in [4.69, 9.17) is 11.6 Å². The summed E-state index contributed by atoms with van der Waals surface area (Å²) >= 11 is 6.27. The van der Waals surface area contributed by atoms with E-state index in [2.05, 4.69) is 9.97 Å². The highest BCUT2D eigenvalue weighted by Crippen LogP contribution is 2.32. The van der Waals surface area contributed by atoms with Crippen LogP contribution in [0.25, 0.3) is 0 Å². The van der Waals surface area contributed by atoms with Crippen LogP contribution in [0.4, 0.5) is 5.82 Å². The predicted molar refractivity (Wildman–Crippen MR) is 84.9 cm³/mol. The van der Waals surface area contributed by atoms with Gasteiger partial charge in [-0.2, -0.15) is 0 Å². The second-order valence-electron chi connectivity index (χ2n) is 6.41. The van der Waals surface area contributed by atoms with Gasteiger partial charge in [0.2, 0.25) is 5.91 Å². The van der Waals surface area contributed by atoms with Crippen molar-refractivity contribution >= 4 is 23.3 Å². The van der Waals surface area contributed by atoms with Crippen molar-refractivity contribution in [2.75, 3.05) is 25.0 Å². The van der Waals surface area contributed by atoms with Crippen molar-refractivity contribution in [3.8, 4) is 0 Å². The van der Waals surface area contributed by atoms with E-state index in [1.165, 1.54) is 0 Å². The third kappa shape index (κ3) is 2.71. The summed E-state index contributed by atoms with van der Waals surface area (Å²) in [6.45, 7) is 11.2. The molecule has 0 unspecified atom stereocenters. The standard InChI is InChI=1S/C15H23ClN4O/c1-9(2)12-17-11(16)10(3)13(18-12)20-8-7-19(6)14(21)15(20,4)5/h9H,7-8H2,1-6H3. The molecule has 5 nitrogen and oxygen atoms in total. The summed E-state index contributed by atoms with van der Waals surface area (Å²) in [6.07, 6.45) is 0. The molecule has 2 rings (SSSR count). The zero-order chi connectivity index (χ0) is 15.9. The van der Waals surface area contributed by atoms with Crippen LogP contribution in [0.3, 0.4) is 0 Å². The molecule has 1 amide bonds. The maximum absolute atomic E-state index is 12.5. The molecular weight excluding hydrogens is 288 g/mol. The molecule has 0 aromatic carbocycles. The fourth-order valence-corrected chi connectivity index (χ4v) is 2.77. The Labute approximate surface area is 131 Å². The van der Waals surface area contributed by atoms with Crippen molar-refractivity contribution in [3.63, 3.8) is 0 Å². The summed E-state index contributed by atoms with van der Waals surface area (Å²) in [6, 6.07) is 0. The van der Waals surface area contributed by atoms with Crippen LogP contribution in [0.15, 0.2) is 0 Å². The number of hydrogen-bond donors (Lipinski definition) is 0. The van der Waals surface area contributed by atoms with Gasteiger partial charge in [-0.3, -0.25) is 4.79 Å². The summed E-state index contributed by atoms with van der Waals surface area (Å²) in [7, 11) is 1.83. The summed E-state index contributed by atoms with van der Waals surface area (Å²) in [5, 5.41) is 0.464. The Morgan fingerprint density at radius 3 is 2.43 bits per heavy atom. The molecule has 0 radical (unpaired) electrons. The van der Waals surface area contributed by atoms with E-state index in [9.17, 15) is 4.79 Å². The summed E-state index contributed by atoms with van der Waals surface area (Å²) in [5.41, 5.74) is 0.190. The zero-order valence-electron chi connectivity index (χ0n) is 13.6. The third-order valence-electron chi connectivity index (χ3n) is 4.05. The molecule has 1 aromatic rings. The fourth-order valence-electron chi connectivity index (χ4n) is 2.60. The van der Waals surface area contributed by atoms with E-state index in [1.54, 1.807) is 4.90 Å². The second-order valence-corrected chi connectivity index (χ2v) is 6.77. The molecule has 0 aliphatic carbocycles. The molecule has 1 aliphatic heterocycles.